The fraction of sp³-hybridized carbons (Fsp3) is 0.619. The molecule has 4 rings (SSSR count). The zero-order valence-electron chi connectivity index (χ0n) is 18.3. The van der Waals surface area contributed by atoms with E-state index in [0.717, 1.165) is 6.42 Å². The Morgan fingerprint density at radius 1 is 1.34 bits per heavy atom. The second-order valence-electron chi connectivity index (χ2n) is 9.00. The van der Waals surface area contributed by atoms with Gasteiger partial charge in [-0.3, -0.25) is 9.36 Å². The van der Waals surface area contributed by atoms with E-state index in [9.17, 15) is 18.3 Å². The first-order chi connectivity index (χ1) is 15.1. The number of aromatic nitrogens is 3. The van der Waals surface area contributed by atoms with E-state index in [-0.39, 0.29) is 18.0 Å². The average Bonchev–Trinajstić information content (AvgIpc) is 3.07. The second kappa shape index (κ2) is 8.42. The minimum Gasteiger partial charge on any atom is -0.388 e. The van der Waals surface area contributed by atoms with E-state index in [4.69, 9.17) is 5.26 Å². The number of pyridine rings is 1. The number of rotatable bonds is 5. The number of piperidine rings is 1. The highest BCUT2D eigenvalue weighted by Gasteiger charge is 2.40. The van der Waals surface area contributed by atoms with E-state index in [2.05, 4.69) is 15.3 Å². The summed E-state index contributed by atoms with van der Waals surface area (Å²) in [6.07, 6.45) is 6.09. The fourth-order valence-corrected chi connectivity index (χ4v) is 5.67. The largest absolute Gasteiger partial charge is 0.388 e. The highest BCUT2D eigenvalue weighted by atomic mass is 32.2. The second-order valence-corrected chi connectivity index (χ2v) is 11.0. The number of sulfonamides is 1. The topological polar surface area (TPSA) is 141 Å². The van der Waals surface area contributed by atoms with Crippen LogP contribution in [0.5, 0.6) is 0 Å². The monoisotopic (exact) mass is 460 g/mol. The highest BCUT2D eigenvalue weighted by Crippen LogP contribution is 2.39. The normalized spacial score (nSPS) is 25.1. The third-order valence-electron chi connectivity index (χ3n) is 6.56. The lowest BCUT2D eigenvalue weighted by Gasteiger charge is -2.31. The molecule has 10 nitrogen and oxygen atoms in total. The maximum absolute atomic E-state index is 13.2. The zero-order chi connectivity index (χ0) is 23.1. The minimum atomic E-state index is -3.20. The van der Waals surface area contributed by atoms with Crippen LogP contribution < -0.4 is 10.9 Å². The van der Waals surface area contributed by atoms with Crippen molar-refractivity contribution in [1.29, 1.82) is 5.26 Å². The Morgan fingerprint density at radius 3 is 2.66 bits per heavy atom. The Morgan fingerprint density at radius 2 is 2.06 bits per heavy atom. The van der Waals surface area contributed by atoms with Crippen molar-refractivity contribution in [2.75, 3.05) is 24.7 Å². The molecule has 1 aliphatic heterocycles. The molecule has 32 heavy (non-hydrogen) atoms. The highest BCUT2D eigenvalue weighted by molar-refractivity contribution is 7.88. The SMILES string of the molecule is C[C@]1(O)CCC[C@@H]1n1c(=O)c(CC#N)cc2cnc(NC3CCN(S(C)(=O)=O)CC3)nc21. The molecule has 0 amide bonds. The summed E-state index contributed by atoms with van der Waals surface area (Å²) in [4.78, 5) is 22.2. The summed E-state index contributed by atoms with van der Waals surface area (Å²) in [5.41, 5.74) is -0.564. The van der Waals surface area contributed by atoms with Gasteiger partial charge in [-0.1, -0.05) is 0 Å². The molecule has 2 atom stereocenters. The molecular formula is C21H28N6O4S. The molecule has 172 valence electrons. The number of nitrogens with one attached hydrogen (secondary N) is 1. The molecule has 1 saturated carbocycles. The van der Waals surface area contributed by atoms with Crippen molar-refractivity contribution in [2.24, 2.45) is 0 Å². The molecule has 2 aromatic rings. The Balaban J connectivity index is 1.69. The van der Waals surface area contributed by atoms with Gasteiger partial charge in [-0.2, -0.15) is 10.2 Å². The van der Waals surface area contributed by atoms with Gasteiger partial charge in [-0.15, -0.1) is 0 Å². The third kappa shape index (κ3) is 4.35. The maximum Gasteiger partial charge on any atom is 0.256 e. The molecule has 1 saturated heterocycles. The van der Waals surface area contributed by atoms with E-state index < -0.39 is 21.7 Å². The number of fused-ring (bicyclic) bond motifs is 1. The minimum absolute atomic E-state index is 0.0121. The van der Waals surface area contributed by atoms with Gasteiger partial charge in [0.05, 0.1) is 30.4 Å². The molecule has 2 fully saturated rings. The number of nitriles is 1. The molecular weight excluding hydrogens is 432 g/mol. The lowest BCUT2D eigenvalue weighted by Crippen LogP contribution is -2.42. The van der Waals surface area contributed by atoms with Gasteiger partial charge in [0.1, 0.15) is 5.65 Å². The predicted octanol–water partition coefficient (Wildman–Crippen LogP) is 1.17. The molecule has 0 spiro atoms. The van der Waals surface area contributed by atoms with Gasteiger partial charge in [-0.05, 0) is 45.1 Å². The fourth-order valence-electron chi connectivity index (χ4n) is 4.80. The van der Waals surface area contributed by atoms with Gasteiger partial charge in [0.15, 0.2) is 0 Å². The summed E-state index contributed by atoms with van der Waals surface area (Å²) in [6, 6.07) is 3.26. The van der Waals surface area contributed by atoms with Gasteiger partial charge in [0.25, 0.3) is 5.56 Å². The Hall–Kier alpha value is -2.55. The number of aliphatic hydroxyl groups is 1. The molecule has 0 radical (unpaired) electrons. The molecule has 11 heteroatoms. The molecule has 2 aromatic heterocycles. The third-order valence-corrected chi connectivity index (χ3v) is 7.87. The summed E-state index contributed by atoms with van der Waals surface area (Å²) in [5, 5.41) is 23.9. The van der Waals surface area contributed by atoms with Crippen LogP contribution in [0.25, 0.3) is 11.0 Å². The van der Waals surface area contributed by atoms with E-state index in [1.807, 2.05) is 6.07 Å². The van der Waals surface area contributed by atoms with E-state index in [0.29, 0.717) is 61.3 Å². The van der Waals surface area contributed by atoms with Crippen molar-refractivity contribution in [3.05, 3.63) is 28.2 Å². The average molecular weight is 461 g/mol. The standard InChI is InChI=1S/C21H28N6O4S/c1-21(29)8-3-4-17(21)27-18-15(12-14(5-9-22)19(27)28)13-23-20(25-18)24-16-6-10-26(11-7-16)32(2,30)31/h12-13,16-17,29H,3-8,10-11H2,1-2H3,(H,23,24,25)/t17-,21-/m0/s1. The maximum atomic E-state index is 13.2. The van der Waals surface area contributed by atoms with Crippen molar-refractivity contribution in [1.82, 2.24) is 18.8 Å². The van der Waals surface area contributed by atoms with Gasteiger partial charge < -0.3 is 10.4 Å². The molecule has 2 N–H and O–H groups in total. The van der Waals surface area contributed by atoms with Crippen LogP contribution in [0.3, 0.4) is 0 Å². The van der Waals surface area contributed by atoms with Gasteiger partial charge >= 0.3 is 0 Å². The summed E-state index contributed by atoms with van der Waals surface area (Å²) in [7, 11) is -3.20. The van der Waals surface area contributed by atoms with Crippen LogP contribution in [-0.4, -0.2) is 63.4 Å². The van der Waals surface area contributed by atoms with Crippen LogP contribution >= 0.6 is 0 Å². The summed E-state index contributed by atoms with van der Waals surface area (Å²) in [6.45, 7) is 2.59. The van der Waals surface area contributed by atoms with Crippen LogP contribution in [0.15, 0.2) is 17.1 Å². The van der Waals surface area contributed by atoms with E-state index >= 15 is 0 Å². The van der Waals surface area contributed by atoms with Crippen molar-refractivity contribution < 1.29 is 13.5 Å². The van der Waals surface area contributed by atoms with E-state index in [1.165, 1.54) is 15.1 Å². The first-order valence-corrected chi connectivity index (χ1v) is 12.7. The number of hydrogen-bond donors (Lipinski definition) is 2. The zero-order valence-corrected chi connectivity index (χ0v) is 19.1. The lowest BCUT2D eigenvalue weighted by atomic mass is 9.99. The molecule has 2 aliphatic rings. The first kappa shape index (κ1) is 22.6. The molecule has 0 aromatic carbocycles. The molecule has 0 unspecified atom stereocenters. The van der Waals surface area contributed by atoms with E-state index in [1.54, 1.807) is 19.2 Å². The summed E-state index contributed by atoms with van der Waals surface area (Å²) >= 11 is 0. The molecule has 1 aliphatic carbocycles. The van der Waals surface area contributed by atoms with Crippen LogP contribution in [0.4, 0.5) is 5.95 Å². The van der Waals surface area contributed by atoms with Crippen LogP contribution in [0.2, 0.25) is 0 Å². The van der Waals surface area contributed by atoms with Crippen LogP contribution in [-0.2, 0) is 16.4 Å². The summed E-state index contributed by atoms with van der Waals surface area (Å²) in [5.74, 6) is 0.356. The molecule has 3 heterocycles. The Labute approximate surface area is 186 Å². The quantitative estimate of drug-likeness (QED) is 0.677. The molecule has 0 bridgehead atoms. The lowest BCUT2D eigenvalue weighted by molar-refractivity contribution is 0.0266. The van der Waals surface area contributed by atoms with Crippen molar-refractivity contribution in [3.63, 3.8) is 0 Å². The number of hydrogen-bond acceptors (Lipinski definition) is 8. The van der Waals surface area contributed by atoms with Crippen molar-refractivity contribution in [2.45, 2.75) is 63.1 Å². The van der Waals surface area contributed by atoms with Crippen molar-refractivity contribution in [3.8, 4) is 6.07 Å². The Kier molecular flexibility index (Phi) is 5.96. The van der Waals surface area contributed by atoms with Gasteiger partial charge in [0.2, 0.25) is 16.0 Å². The van der Waals surface area contributed by atoms with Crippen LogP contribution in [0, 0.1) is 11.3 Å². The predicted molar refractivity (Wildman–Crippen MR) is 120 cm³/mol. The number of anilines is 1. The smallest absolute Gasteiger partial charge is 0.256 e. The summed E-state index contributed by atoms with van der Waals surface area (Å²) < 4.78 is 26.5. The van der Waals surface area contributed by atoms with Crippen molar-refractivity contribution >= 4 is 27.0 Å². The van der Waals surface area contributed by atoms with Crippen LogP contribution in [0.1, 0.15) is 50.6 Å². The first-order valence-electron chi connectivity index (χ1n) is 10.8. The number of nitrogens with zero attached hydrogens (tertiary/aromatic N) is 5. The van der Waals surface area contributed by atoms with Gasteiger partial charge in [-0.25, -0.2) is 17.7 Å². The van der Waals surface area contributed by atoms with Gasteiger partial charge in [0, 0.05) is 36.3 Å². The Bertz CT molecular complexity index is 1230.